The van der Waals surface area contributed by atoms with Crippen LogP contribution in [-0.4, -0.2) is 20.2 Å². The molecule has 0 saturated heterocycles. The van der Waals surface area contributed by atoms with Crippen LogP contribution in [0.4, 0.5) is 24.8 Å². The Labute approximate surface area is 120 Å². The van der Waals surface area contributed by atoms with E-state index < -0.39 is 11.9 Å². The number of nitrogens with zero attached hydrogens (tertiary/aromatic N) is 3. The van der Waals surface area contributed by atoms with Crippen molar-refractivity contribution in [3.8, 4) is 10.6 Å². The zero-order chi connectivity index (χ0) is 14.9. The van der Waals surface area contributed by atoms with Crippen LogP contribution in [0.15, 0.2) is 36.0 Å². The first kappa shape index (κ1) is 13.6. The highest BCUT2D eigenvalue weighted by atomic mass is 32.1. The van der Waals surface area contributed by atoms with Crippen molar-refractivity contribution in [1.82, 2.24) is 20.2 Å². The van der Waals surface area contributed by atoms with Crippen LogP contribution in [0.3, 0.4) is 0 Å². The van der Waals surface area contributed by atoms with E-state index in [4.69, 9.17) is 0 Å². The minimum Gasteiger partial charge on any atom is -0.324 e. The van der Waals surface area contributed by atoms with Gasteiger partial charge < -0.3 is 5.32 Å². The van der Waals surface area contributed by atoms with Gasteiger partial charge in [0.05, 0.1) is 5.56 Å². The molecule has 108 valence electrons. The van der Waals surface area contributed by atoms with E-state index in [2.05, 4.69) is 25.5 Å². The second-order valence-corrected chi connectivity index (χ2v) is 4.88. The minimum absolute atomic E-state index is 0.0680. The van der Waals surface area contributed by atoms with Gasteiger partial charge in [0.1, 0.15) is 16.6 Å². The van der Waals surface area contributed by atoms with Gasteiger partial charge in [-0.05, 0) is 12.1 Å². The maximum absolute atomic E-state index is 12.8. The summed E-state index contributed by atoms with van der Waals surface area (Å²) < 4.78 is 38.4. The van der Waals surface area contributed by atoms with Crippen molar-refractivity contribution >= 4 is 23.0 Å². The Balaban J connectivity index is 1.88. The standard InChI is InChI=1S/C12H8F3N5S/c13-12(14,15)10-7(5-17-20-10)11-19-9(6-21-11)18-8-3-1-2-4-16-8/h1-6H,(H,16,18)(H,17,20). The van der Waals surface area contributed by atoms with Gasteiger partial charge in [-0.25, -0.2) is 9.97 Å². The first-order valence-electron chi connectivity index (χ1n) is 5.79. The molecule has 0 aromatic carbocycles. The Morgan fingerprint density at radius 3 is 2.76 bits per heavy atom. The van der Waals surface area contributed by atoms with E-state index in [9.17, 15) is 13.2 Å². The van der Waals surface area contributed by atoms with E-state index in [1.165, 1.54) is 6.20 Å². The molecule has 0 radical (unpaired) electrons. The number of nitrogens with one attached hydrogen (secondary N) is 2. The van der Waals surface area contributed by atoms with E-state index in [1.807, 2.05) is 0 Å². The molecule has 0 amide bonds. The third-order valence-electron chi connectivity index (χ3n) is 2.56. The van der Waals surface area contributed by atoms with E-state index in [-0.39, 0.29) is 10.6 Å². The van der Waals surface area contributed by atoms with Crippen LogP contribution < -0.4 is 5.32 Å². The fourth-order valence-electron chi connectivity index (χ4n) is 1.69. The normalized spacial score (nSPS) is 11.6. The maximum Gasteiger partial charge on any atom is 0.435 e. The summed E-state index contributed by atoms with van der Waals surface area (Å²) in [5, 5.41) is 10.2. The summed E-state index contributed by atoms with van der Waals surface area (Å²) >= 11 is 1.10. The summed E-state index contributed by atoms with van der Waals surface area (Å²) in [7, 11) is 0. The molecule has 0 aliphatic rings. The van der Waals surface area contributed by atoms with Gasteiger partial charge in [-0.15, -0.1) is 11.3 Å². The first-order chi connectivity index (χ1) is 10.0. The number of thiazole rings is 1. The number of H-pyrrole nitrogens is 1. The van der Waals surface area contributed by atoms with Gasteiger partial charge in [-0.2, -0.15) is 18.3 Å². The van der Waals surface area contributed by atoms with E-state index in [0.717, 1.165) is 11.3 Å². The summed E-state index contributed by atoms with van der Waals surface area (Å²) in [4.78, 5) is 8.19. The summed E-state index contributed by atoms with van der Waals surface area (Å²) in [6.07, 6.45) is -1.73. The van der Waals surface area contributed by atoms with Crippen molar-refractivity contribution in [2.75, 3.05) is 5.32 Å². The van der Waals surface area contributed by atoms with Crippen LogP contribution in [0.25, 0.3) is 10.6 Å². The quantitative estimate of drug-likeness (QED) is 0.774. The van der Waals surface area contributed by atoms with Gasteiger partial charge in [0.25, 0.3) is 0 Å². The minimum atomic E-state index is -4.52. The maximum atomic E-state index is 12.8. The van der Waals surface area contributed by atoms with Crippen molar-refractivity contribution in [1.29, 1.82) is 0 Å². The number of rotatable bonds is 3. The Kier molecular flexibility index (Phi) is 3.34. The third-order valence-corrected chi connectivity index (χ3v) is 3.44. The predicted molar refractivity (Wildman–Crippen MR) is 72.2 cm³/mol. The molecule has 0 aliphatic heterocycles. The lowest BCUT2D eigenvalue weighted by atomic mass is 10.2. The number of hydrogen-bond acceptors (Lipinski definition) is 5. The summed E-state index contributed by atoms with van der Waals surface area (Å²) in [6.45, 7) is 0. The molecule has 0 aliphatic carbocycles. The van der Waals surface area contributed by atoms with E-state index in [1.54, 1.807) is 29.8 Å². The molecule has 0 atom stereocenters. The van der Waals surface area contributed by atoms with Crippen LogP contribution >= 0.6 is 11.3 Å². The average Bonchev–Trinajstić information content (AvgIpc) is 3.07. The van der Waals surface area contributed by atoms with Gasteiger partial charge >= 0.3 is 6.18 Å². The Bertz CT molecular complexity index is 735. The van der Waals surface area contributed by atoms with Crippen LogP contribution in [0.1, 0.15) is 5.69 Å². The lowest BCUT2D eigenvalue weighted by Crippen LogP contribution is -2.07. The van der Waals surface area contributed by atoms with Crippen molar-refractivity contribution in [2.24, 2.45) is 0 Å². The molecule has 0 fully saturated rings. The zero-order valence-corrected chi connectivity index (χ0v) is 11.2. The lowest BCUT2D eigenvalue weighted by Gasteiger charge is -2.03. The molecule has 2 N–H and O–H groups in total. The van der Waals surface area contributed by atoms with E-state index in [0.29, 0.717) is 11.6 Å². The highest BCUT2D eigenvalue weighted by Crippen LogP contribution is 2.37. The van der Waals surface area contributed by atoms with Crippen molar-refractivity contribution in [3.63, 3.8) is 0 Å². The molecule has 0 spiro atoms. The second kappa shape index (κ2) is 5.17. The van der Waals surface area contributed by atoms with Gasteiger partial charge in [-0.3, -0.25) is 5.10 Å². The molecule has 0 bridgehead atoms. The highest BCUT2D eigenvalue weighted by Gasteiger charge is 2.37. The van der Waals surface area contributed by atoms with Crippen LogP contribution in [-0.2, 0) is 6.18 Å². The molecule has 3 aromatic heterocycles. The average molecular weight is 311 g/mol. The van der Waals surface area contributed by atoms with Gasteiger partial charge in [0, 0.05) is 17.8 Å². The number of halogens is 3. The topological polar surface area (TPSA) is 66.5 Å². The molecular formula is C12H8F3N5S. The number of alkyl halides is 3. The number of aromatic amines is 1. The lowest BCUT2D eigenvalue weighted by molar-refractivity contribution is -0.140. The van der Waals surface area contributed by atoms with Crippen LogP contribution in [0, 0.1) is 0 Å². The number of anilines is 2. The summed E-state index contributed by atoms with van der Waals surface area (Å²) in [5.74, 6) is 1.00. The molecule has 3 rings (SSSR count). The molecule has 0 unspecified atom stereocenters. The largest absolute Gasteiger partial charge is 0.435 e. The van der Waals surface area contributed by atoms with Crippen molar-refractivity contribution in [2.45, 2.75) is 6.18 Å². The monoisotopic (exact) mass is 311 g/mol. The molecule has 0 saturated carbocycles. The smallest absolute Gasteiger partial charge is 0.324 e. The number of hydrogen-bond donors (Lipinski definition) is 2. The third kappa shape index (κ3) is 2.87. The molecule has 21 heavy (non-hydrogen) atoms. The van der Waals surface area contributed by atoms with Crippen LogP contribution in [0.2, 0.25) is 0 Å². The Morgan fingerprint density at radius 1 is 1.19 bits per heavy atom. The Hall–Kier alpha value is -2.42. The van der Waals surface area contributed by atoms with Crippen molar-refractivity contribution in [3.05, 3.63) is 41.7 Å². The molecular weight excluding hydrogens is 303 g/mol. The molecule has 3 aromatic rings. The van der Waals surface area contributed by atoms with Gasteiger partial charge in [-0.1, -0.05) is 6.07 Å². The molecule has 3 heterocycles. The Morgan fingerprint density at radius 2 is 2.05 bits per heavy atom. The molecule has 9 heteroatoms. The van der Waals surface area contributed by atoms with Crippen LogP contribution in [0.5, 0.6) is 0 Å². The fraction of sp³-hybridized carbons (Fsp3) is 0.0833. The second-order valence-electron chi connectivity index (χ2n) is 4.02. The molecule has 5 nitrogen and oxygen atoms in total. The number of aromatic nitrogens is 4. The van der Waals surface area contributed by atoms with E-state index >= 15 is 0 Å². The van der Waals surface area contributed by atoms with Gasteiger partial charge in [0.2, 0.25) is 0 Å². The summed E-state index contributed by atoms with van der Waals surface area (Å²) in [5.41, 5.74) is -1.04. The SMILES string of the molecule is FC(F)(F)c1n[nH]cc1-c1nc(Nc2ccccn2)cs1. The summed E-state index contributed by atoms with van der Waals surface area (Å²) in [6, 6.07) is 5.29. The number of pyridine rings is 1. The predicted octanol–water partition coefficient (Wildman–Crippen LogP) is 3.69. The highest BCUT2D eigenvalue weighted by molar-refractivity contribution is 7.13. The first-order valence-corrected chi connectivity index (χ1v) is 6.67. The van der Waals surface area contributed by atoms with Gasteiger partial charge in [0.15, 0.2) is 5.69 Å². The fourth-order valence-corrected chi connectivity index (χ4v) is 2.46. The van der Waals surface area contributed by atoms with Crippen molar-refractivity contribution < 1.29 is 13.2 Å². The zero-order valence-electron chi connectivity index (χ0n) is 10.3.